The quantitative estimate of drug-likeness (QED) is 0.571. The van der Waals surface area contributed by atoms with Gasteiger partial charge in [0.25, 0.3) is 0 Å². The van der Waals surface area contributed by atoms with Crippen LogP contribution in [0.5, 0.6) is 0 Å². The molecule has 1 unspecified atom stereocenters. The number of hydrogen-bond donors (Lipinski definition) is 1. The van der Waals surface area contributed by atoms with E-state index in [1.165, 1.54) is 25.0 Å². The van der Waals surface area contributed by atoms with Gasteiger partial charge in [0.1, 0.15) is 11.5 Å². The maximum absolute atomic E-state index is 13.7. The minimum Gasteiger partial charge on any atom is -0.463 e. The van der Waals surface area contributed by atoms with Crippen molar-refractivity contribution in [2.24, 2.45) is 11.8 Å². The standard InChI is InChI=1S/C25H30FN4O2/c1-14(2)11-21-25(31)28-20(15-5-3-4-6-15)13-30(21)24(27)22-19-9-7-16-12-17(26)8-10-18(16)23(19)32-29-22/h8,10,12,14-15,20-21H,3-7,9,11,13H2,1-2H3,(H,28,31)/q-1/t20-,21?/m1/s1. The lowest BCUT2D eigenvalue weighted by Gasteiger charge is -2.49. The third kappa shape index (κ3) is 3.71. The summed E-state index contributed by atoms with van der Waals surface area (Å²) in [5.41, 5.74) is 2.94. The lowest BCUT2D eigenvalue weighted by atomic mass is 9.88. The summed E-state index contributed by atoms with van der Waals surface area (Å²) in [7, 11) is 0. The van der Waals surface area contributed by atoms with Crippen molar-refractivity contribution < 1.29 is 13.7 Å². The number of fused-ring (bicyclic) bond motifs is 3. The molecule has 2 fully saturated rings. The number of benzene rings is 1. The maximum atomic E-state index is 13.7. The Morgan fingerprint density at radius 1 is 1.31 bits per heavy atom. The lowest BCUT2D eigenvalue weighted by Crippen LogP contribution is -2.63. The van der Waals surface area contributed by atoms with Crippen molar-refractivity contribution in [1.29, 1.82) is 0 Å². The summed E-state index contributed by atoms with van der Waals surface area (Å²) in [6.07, 6.45) is 6.52. The first-order chi connectivity index (χ1) is 15.4. The molecular weight excluding hydrogens is 407 g/mol. The van der Waals surface area contributed by atoms with Crippen LogP contribution >= 0.6 is 0 Å². The molecule has 5 rings (SSSR count). The minimum absolute atomic E-state index is 0.0176. The smallest absolute Gasteiger partial charge is 0.222 e. The van der Waals surface area contributed by atoms with Crippen molar-refractivity contribution in [2.75, 3.05) is 6.54 Å². The van der Waals surface area contributed by atoms with Crippen LogP contribution in [0.3, 0.4) is 0 Å². The molecule has 1 N–H and O–H groups in total. The summed E-state index contributed by atoms with van der Waals surface area (Å²) in [5, 5.41) is 18.9. The van der Waals surface area contributed by atoms with Crippen LogP contribution < -0.4 is 5.32 Å². The molecule has 6 nitrogen and oxygen atoms in total. The summed E-state index contributed by atoms with van der Waals surface area (Å²) in [5.74, 6) is 1.06. The van der Waals surface area contributed by atoms with Crippen LogP contribution in [0.4, 0.5) is 4.39 Å². The van der Waals surface area contributed by atoms with E-state index in [0.29, 0.717) is 49.1 Å². The highest BCUT2D eigenvalue weighted by Crippen LogP contribution is 2.37. The van der Waals surface area contributed by atoms with Gasteiger partial charge in [-0.2, -0.15) is 0 Å². The molecular formula is C25H30FN4O2-. The fourth-order valence-corrected chi connectivity index (χ4v) is 5.66. The molecule has 2 heterocycles. The van der Waals surface area contributed by atoms with Gasteiger partial charge in [-0.15, -0.1) is 0 Å². The number of amides is 1. The molecule has 0 radical (unpaired) electrons. The van der Waals surface area contributed by atoms with Gasteiger partial charge < -0.3 is 20.1 Å². The molecule has 2 aliphatic carbocycles. The highest BCUT2D eigenvalue weighted by atomic mass is 19.1. The molecule has 1 saturated carbocycles. The second-order valence-electron chi connectivity index (χ2n) is 9.92. The van der Waals surface area contributed by atoms with Gasteiger partial charge in [-0.1, -0.05) is 31.8 Å². The van der Waals surface area contributed by atoms with Crippen molar-refractivity contribution >= 4 is 11.7 Å². The SMILES string of the molecule is CC(C)CC1C(=O)N[C@@H](C2CCCC2)CN1C(=[N-])c1noc2c1CCc1cc(F)ccc1-2. The summed E-state index contributed by atoms with van der Waals surface area (Å²) in [6, 6.07) is 4.25. The molecule has 3 aliphatic rings. The highest BCUT2D eigenvalue weighted by Gasteiger charge is 2.37. The van der Waals surface area contributed by atoms with E-state index in [1.54, 1.807) is 6.07 Å². The summed E-state index contributed by atoms with van der Waals surface area (Å²) < 4.78 is 19.3. The average Bonchev–Trinajstić information content (AvgIpc) is 3.44. The Kier molecular flexibility index (Phi) is 5.51. The van der Waals surface area contributed by atoms with Crippen molar-refractivity contribution in [2.45, 2.75) is 70.9 Å². The van der Waals surface area contributed by atoms with Crippen LogP contribution in [0.25, 0.3) is 16.7 Å². The van der Waals surface area contributed by atoms with Gasteiger partial charge in [0.15, 0.2) is 5.76 Å². The molecule has 2 aromatic rings. The second-order valence-corrected chi connectivity index (χ2v) is 9.92. The van der Waals surface area contributed by atoms with Gasteiger partial charge in [-0.05, 0) is 80.1 Å². The van der Waals surface area contributed by atoms with Gasteiger partial charge in [0.05, 0.1) is 0 Å². The molecule has 170 valence electrons. The number of nitrogens with zero attached hydrogens (tertiary/aromatic N) is 3. The first-order valence-corrected chi connectivity index (χ1v) is 11.8. The van der Waals surface area contributed by atoms with E-state index >= 15 is 0 Å². The van der Waals surface area contributed by atoms with Gasteiger partial charge >= 0.3 is 0 Å². The van der Waals surface area contributed by atoms with Gasteiger partial charge in [0.2, 0.25) is 5.91 Å². The summed E-state index contributed by atoms with van der Waals surface area (Å²) >= 11 is 0. The zero-order chi connectivity index (χ0) is 22.4. The fraction of sp³-hybridized carbons (Fsp3) is 0.560. The number of nitrogens with one attached hydrogen (secondary N) is 1. The normalized spacial score (nSPS) is 23.2. The number of aryl methyl sites for hydroxylation is 1. The molecule has 1 saturated heterocycles. The number of piperazine rings is 1. The number of halogens is 1. The highest BCUT2D eigenvalue weighted by molar-refractivity contribution is 6.04. The Morgan fingerprint density at radius 2 is 2.09 bits per heavy atom. The second kappa shape index (κ2) is 8.34. The van der Waals surface area contributed by atoms with Crippen molar-refractivity contribution in [3.05, 3.63) is 46.2 Å². The molecule has 0 bridgehead atoms. The largest absolute Gasteiger partial charge is 0.463 e. The number of carbonyl (C=O) groups is 1. The van der Waals surface area contributed by atoms with Crippen LogP contribution in [0.2, 0.25) is 0 Å². The van der Waals surface area contributed by atoms with E-state index in [2.05, 4.69) is 24.3 Å². The predicted molar refractivity (Wildman–Crippen MR) is 121 cm³/mol. The summed E-state index contributed by atoms with van der Waals surface area (Å²) in [4.78, 5) is 15.0. The Bertz CT molecular complexity index is 1040. The van der Waals surface area contributed by atoms with Crippen LogP contribution in [0.1, 0.15) is 62.8 Å². The number of hydrogen-bond acceptors (Lipinski definition) is 3. The molecule has 2 atom stereocenters. The monoisotopic (exact) mass is 437 g/mol. The Morgan fingerprint density at radius 3 is 2.84 bits per heavy atom. The van der Waals surface area contributed by atoms with Crippen LogP contribution in [-0.4, -0.2) is 40.4 Å². The van der Waals surface area contributed by atoms with Crippen LogP contribution in [-0.2, 0) is 17.6 Å². The van der Waals surface area contributed by atoms with E-state index in [9.17, 15) is 14.6 Å². The number of aromatic nitrogens is 1. The van der Waals surface area contributed by atoms with Gasteiger partial charge in [0, 0.05) is 23.2 Å². The molecule has 32 heavy (non-hydrogen) atoms. The van der Waals surface area contributed by atoms with Crippen LogP contribution in [0, 0.1) is 17.7 Å². The molecule has 0 spiro atoms. The Hall–Kier alpha value is -2.70. The third-order valence-electron chi connectivity index (χ3n) is 7.29. The van der Waals surface area contributed by atoms with E-state index in [1.807, 2.05) is 4.90 Å². The van der Waals surface area contributed by atoms with Crippen molar-refractivity contribution in [3.8, 4) is 11.3 Å². The predicted octanol–water partition coefficient (Wildman–Crippen LogP) is 4.30. The zero-order valence-electron chi connectivity index (χ0n) is 18.7. The topological polar surface area (TPSA) is 80.7 Å². The average molecular weight is 438 g/mol. The van der Waals surface area contributed by atoms with E-state index < -0.39 is 6.04 Å². The molecule has 1 aromatic carbocycles. The first kappa shape index (κ1) is 21.2. The fourth-order valence-electron chi connectivity index (χ4n) is 5.66. The van der Waals surface area contributed by atoms with Gasteiger partial charge in [-0.25, -0.2) is 4.39 Å². The Balaban J connectivity index is 1.47. The van der Waals surface area contributed by atoms with Crippen LogP contribution in [0.15, 0.2) is 22.7 Å². The molecule has 1 aliphatic heterocycles. The van der Waals surface area contributed by atoms with Crippen molar-refractivity contribution in [1.82, 2.24) is 15.4 Å². The zero-order valence-corrected chi connectivity index (χ0v) is 18.7. The lowest BCUT2D eigenvalue weighted by molar-refractivity contribution is -0.129. The summed E-state index contributed by atoms with van der Waals surface area (Å²) in [6.45, 7) is 4.74. The Labute approximate surface area is 188 Å². The third-order valence-corrected chi connectivity index (χ3v) is 7.29. The maximum Gasteiger partial charge on any atom is 0.222 e. The number of rotatable bonds is 4. The van der Waals surface area contributed by atoms with E-state index in [4.69, 9.17) is 4.52 Å². The molecule has 1 aromatic heterocycles. The molecule has 1 amide bonds. The molecule has 7 heteroatoms. The van der Waals surface area contributed by atoms with Crippen molar-refractivity contribution in [3.63, 3.8) is 0 Å². The minimum atomic E-state index is -0.440. The number of carbonyl (C=O) groups excluding carboxylic acids is 1. The van der Waals surface area contributed by atoms with Gasteiger partial charge in [-0.3, -0.25) is 4.79 Å². The number of amidine groups is 1. The van der Waals surface area contributed by atoms with E-state index in [0.717, 1.165) is 29.5 Å². The first-order valence-electron chi connectivity index (χ1n) is 11.8. The van der Waals surface area contributed by atoms with E-state index in [-0.39, 0.29) is 23.6 Å².